The highest BCUT2D eigenvalue weighted by Gasteiger charge is 2.09. The predicted octanol–water partition coefficient (Wildman–Crippen LogP) is 2.27. The molecule has 1 heterocycles. The molecule has 0 atom stereocenters. The van der Waals surface area contributed by atoms with Gasteiger partial charge in [0.25, 0.3) is 5.91 Å². The van der Waals surface area contributed by atoms with Crippen molar-refractivity contribution >= 4 is 11.6 Å². The van der Waals surface area contributed by atoms with Gasteiger partial charge in [-0.2, -0.15) is 9.90 Å². The zero-order valence-electron chi connectivity index (χ0n) is 13.8. The van der Waals surface area contributed by atoms with Crippen LogP contribution in [0.25, 0.3) is 11.4 Å². The molecule has 1 aromatic heterocycles. The number of nitrogens with zero attached hydrogens (tertiary/aromatic N) is 5. The number of amides is 1. The van der Waals surface area contributed by atoms with Gasteiger partial charge in [0.2, 0.25) is 5.82 Å². The van der Waals surface area contributed by atoms with Crippen LogP contribution in [0.3, 0.4) is 0 Å². The molecule has 3 aromatic rings. The summed E-state index contributed by atoms with van der Waals surface area (Å²) in [6, 6.07) is 19.2. The van der Waals surface area contributed by atoms with Gasteiger partial charge in [-0.25, -0.2) is 5.43 Å². The zero-order chi connectivity index (χ0) is 17.5. The minimum Gasteiger partial charge on any atom is -0.271 e. The fraction of sp³-hybridized carbons (Fsp3) is 0.167. The summed E-state index contributed by atoms with van der Waals surface area (Å²) in [6.45, 7) is 1.94. The third kappa shape index (κ3) is 4.35. The molecule has 3 rings (SSSR count). The van der Waals surface area contributed by atoms with E-state index in [1.807, 2.05) is 67.6 Å². The Bertz CT molecular complexity index is 858. The van der Waals surface area contributed by atoms with Crippen LogP contribution in [-0.4, -0.2) is 31.8 Å². The molecule has 0 bridgehead atoms. The molecule has 126 valence electrons. The van der Waals surface area contributed by atoms with E-state index < -0.39 is 0 Å². The molecule has 0 fully saturated rings. The van der Waals surface area contributed by atoms with Gasteiger partial charge in [-0.05, 0) is 17.2 Å². The number of tetrazole rings is 1. The number of carbonyl (C=O) groups is 1. The number of rotatable bonds is 6. The maximum absolute atomic E-state index is 12.1. The number of hydrazone groups is 1. The van der Waals surface area contributed by atoms with E-state index in [0.717, 1.165) is 16.8 Å². The third-order valence-corrected chi connectivity index (χ3v) is 3.53. The summed E-state index contributed by atoms with van der Waals surface area (Å²) in [5.41, 5.74) is 5.19. The van der Waals surface area contributed by atoms with Crippen LogP contribution in [0.4, 0.5) is 0 Å². The van der Waals surface area contributed by atoms with E-state index >= 15 is 0 Å². The number of hydrogen-bond acceptors (Lipinski definition) is 5. The molecule has 25 heavy (non-hydrogen) atoms. The second-order valence-corrected chi connectivity index (χ2v) is 5.32. The first kappa shape index (κ1) is 16.5. The average molecular weight is 334 g/mol. The minimum atomic E-state index is -0.307. The number of carbonyl (C=O) groups excluding carboxylic acids is 1. The molecule has 0 aliphatic rings. The Morgan fingerprint density at radius 1 is 1.08 bits per heavy atom. The second-order valence-electron chi connectivity index (χ2n) is 5.32. The molecule has 0 spiro atoms. The number of hydrogen-bond donors (Lipinski definition) is 1. The molecule has 0 saturated carbocycles. The van der Waals surface area contributed by atoms with Crippen LogP contribution in [0.15, 0.2) is 65.8 Å². The first-order chi connectivity index (χ1) is 12.3. The van der Waals surface area contributed by atoms with Crippen molar-refractivity contribution < 1.29 is 4.79 Å². The monoisotopic (exact) mass is 334 g/mol. The number of nitrogens with one attached hydrogen (secondary N) is 1. The zero-order valence-corrected chi connectivity index (χ0v) is 13.8. The summed E-state index contributed by atoms with van der Waals surface area (Å²) >= 11 is 0. The van der Waals surface area contributed by atoms with Crippen molar-refractivity contribution in [3.63, 3.8) is 0 Å². The van der Waals surface area contributed by atoms with Gasteiger partial charge in [-0.3, -0.25) is 4.79 Å². The van der Waals surface area contributed by atoms with Crippen molar-refractivity contribution in [1.29, 1.82) is 0 Å². The van der Waals surface area contributed by atoms with Gasteiger partial charge in [0.15, 0.2) is 0 Å². The van der Waals surface area contributed by atoms with Gasteiger partial charge in [-0.1, -0.05) is 67.6 Å². The highest BCUT2D eigenvalue weighted by Crippen LogP contribution is 2.11. The fourth-order valence-electron chi connectivity index (χ4n) is 2.28. The van der Waals surface area contributed by atoms with Crippen LogP contribution in [0.2, 0.25) is 0 Å². The van der Waals surface area contributed by atoms with Crippen molar-refractivity contribution in [2.45, 2.75) is 19.9 Å². The van der Waals surface area contributed by atoms with Gasteiger partial charge >= 0.3 is 0 Å². The maximum atomic E-state index is 12.1. The Morgan fingerprint density at radius 3 is 2.44 bits per heavy atom. The lowest BCUT2D eigenvalue weighted by atomic mass is 10.1. The molecule has 0 aliphatic heterocycles. The largest absolute Gasteiger partial charge is 0.271 e. The first-order valence-electron chi connectivity index (χ1n) is 8.00. The Morgan fingerprint density at radius 2 is 1.76 bits per heavy atom. The average Bonchev–Trinajstić information content (AvgIpc) is 3.12. The third-order valence-electron chi connectivity index (χ3n) is 3.53. The Kier molecular flexibility index (Phi) is 5.26. The molecule has 7 heteroatoms. The Hall–Kier alpha value is -3.35. The molecule has 1 N–H and O–H groups in total. The summed E-state index contributed by atoms with van der Waals surface area (Å²) in [5.74, 6) is 0.175. The van der Waals surface area contributed by atoms with E-state index in [0.29, 0.717) is 12.2 Å². The second kappa shape index (κ2) is 7.96. The maximum Gasteiger partial charge on any atom is 0.263 e. The van der Waals surface area contributed by atoms with E-state index in [1.54, 1.807) is 0 Å². The number of benzene rings is 2. The SMILES string of the molecule is CC/C(=N\NC(=O)Cn1nnc(-c2ccccc2)n1)c1ccccc1. The molecule has 7 nitrogen and oxygen atoms in total. The topological polar surface area (TPSA) is 85.1 Å². The predicted molar refractivity (Wildman–Crippen MR) is 94.7 cm³/mol. The smallest absolute Gasteiger partial charge is 0.263 e. The summed E-state index contributed by atoms with van der Waals surface area (Å²) in [5, 5.41) is 16.3. The van der Waals surface area contributed by atoms with E-state index in [9.17, 15) is 4.79 Å². The molecule has 2 aromatic carbocycles. The molecular formula is C18H18N6O. The van der Waals surface area contributed by atoms with Gasteiger partial charge in [0, 0.05) is 5.56 Å². The van der Waals surface area contributed by atoms with E-state index in [1.165, 1.54) is 4.80 Å². The molecular weight excluding hydrogens is 316 g/mol. The number of aromatic nitrogens is 4. The van der Waals surface area contributed by atoms with Gasteiger partial charge in [0.1, 0.15) is 6.54 Å². The Balaban J connectivity index is 1.63. The van der Waals surface area contributed by atoms with Crippen molar-refractivity contribution in [3.8, 4) is 11.4 Å². The normalized spacial score (nSPS) is 11.3. The van der Waals surface area contributed by atoms with Crippen molar-refractivity contribution in [1.82, 2.24) is 25.6 Å². The highest BCUT2D eigenvalue weighted by molar-refractivity contribution is 6.00. The minimum absolute atomic E-state index is 0.0465. The molecule has 0 radical (unpaired) electrons. The summed E-state index contributed by atoms with van der Waals surface area (Å²) in [6.07, 6.45) is 0.712. The summed E-state index contributed by atoms with van der Waals surface area (Å²) < 4.78 is 0. The van der Waals surface area contributed by atoms with Gasteiger partial charge in [-0.15, -0.1) is 10.2 Å². The Labute approximate surface area is 145 Å². The van der Waals surface area contributed by atoms with Crippen LogP contribution in [0, 0.1) is 0 Å². The van der Waals surface area contributed by atoms with E-state index in [4.69, 9.17) is 0 Å². The van der Waals surface area contributed by atoms with Crippen LogP contribution in [0.1, 0.15) is 18.9 Å². The first-order valence-corrected chi connectivity index (χ1v) is 8.00. The van der Waals surface area contributed by atoms with Crippen molar-refractivity contribution in [3.05, 3.63) is 66.2 Å². The quantitative estimate of drug-likeness (QED) is 0.553. The molecule has 0 unspecified atom stereocenters. The fourth-order valence-corrected chi connectivity index (χ4v) is 2.28. The van der Waals surface area contributed by atoms with E-state index in [-0.39, 0.29) is 12.5 Å². The highest BCUT2D eigenvalue weighted by atomic mass is 16.2. The van der Waals surface area contributed by atoms with Crippen LogP contribution < -0.4 is 5.43 Å². The molecule has 1 amide bonds. The lowest BCUT2D eigenvalue weighted by Gasteiger charge is -2.04. The molecule has 0 aliphatic carbocycles. The van der Waals surface area contributed by atoms with Gasteiger partial charge < -0.3 is 0 Å². The lowest BCUT2D eigenvalue weighted by molar-refractivity contribution is -0.122. The van der Waals surface area contributed by atoms with E-state index in [2.05, 4.69) is 25.9 Å². The van der Waals surface area contributed by atoms with Crippen LogP contribution >= 0.6 is 0 Å². The molecule has 0 saturated heterocycles. The van der Waals surface area contributed by atoms with Crippen LogP contribution in [-0.2, 0) is 11.3 Å². The van der Waals surface area contributed by atoms with Gasteiger partial charge in [0.05, 0.1) is 5.71 Å². The van der Waals surface area contributed by atoms with Crippen LogP contribution in [0.5, 0.6) is 0 Å². The summed E-state index contributed by atoms with van der Waals surface area (Å²) in [7, 11) is 0. The summed E-state index contributed by atoms with van der Waals surface area (Å²) in [4.78, 5) is 13.3. The lowest BCUT2D eigenvalue weighted by Crippen LogP contribution is -2.25. The van der Waals surface area contributed by atoms with Crippen molar-refractivity contribution in [2.75, 3.05) is 0 Å². The van der Waals surface area contributed by atoms with Crippen molar-refractivity contribution in [2.24, 2.45) is 5.10 Å². The standard InChI is InChI=1S/C18H18N6O/c1-2-16(14-9-5-3-6-10-14)19-20-17(25)13-24-22-18(21-23-24)15-11-7-4-8-12-15/h3-12H,2,13H2,1H3,(H,20,25)/b19-16+.